The molecule has 1 aromatic carbocycles. The van der Waals surface area contributed by atoms with Crippen molar-refractivity contribution in [3.05, 3.63) is 40.4 Å². The Morgan fingerprint density at radius 2 is 2.09 bits per heavy atom. The number of nitrogens with zero attached hydrogens (tertiary/aromatic N) is 2. The van der Waals surface area contributed by atoms with Crippen molar-refractivity contribution in [2.45, 2.75) is 26.7 Å². The van der Waals surface area contributed by atoms with E-state index in [2.05, 4.69) is 15.5 Å². The van der Waals surface area contributed by atoms with Crippen molar-refractivity contribution in [1.82, 2.24) is 4.98 Å². The minimum Gasteiger partial charge on any atom is -0.488 e. The van der Waals surface area contributed by atoms with Gasteiger partial charge in [0, 0.05) is 10.9 Å². The van der Waals surface area contributed by atoms with Crippen LogP contribution in [0.4, 0.5) is 13.9 Å². The largest absolute Gasteiger partial charge is 0.488 e. The molecule has 0 aliphatic heterocycles. The van der Waals surface area contributed by atoms with Crippen LogP contribution in [0.2, 0.25) is 0 Å². The molecule has 0 atom stereocenters. The molecular weight excluding hydrogens is 308 g/mol. The van der Waals surface area contributed by atoms with Crippen LogP contribution in [0.25, 0.3) is 0 Å². The summed E-state index contributed by atoms with van der Waals surface area (Å²) in [4.78, 5) is 4.16. The lowest BCUT2D eigenvalue weighted by molar-refractivity contribution is 0.278. The first-order valence-corrected chi connectivity index (χ1v) is 7.81. The third-order valence-electron chi connectivity index (χ3n) is 2.76. The van der Waals surface area contributed by atoms with E-state index in [-0.39, 0.29) is 5.75 Å². The van der Waals surface area contributed by atoms with Crippen LogP contribution in [0.1, 0.15) is 31.0 Å². The molecule has 0 fully saturated rings. The molecule has 4 nitrogen and oxygen atoms in total. The highest BCUT2D eigenvalue weighted by molar-refractivity contribution is 7.13. The lowest BCUT2D eigenvalue weighted by Crippen LogP contribution is -2.02. The molecule has 0 bridgehead atoms. The molecule has 7 heteroatoms. The minimum absolute atomic E-state index is 0.294. The molecule has 118 valence electrons. The first kappa shape index (κ1) is 16.4. The average Bonchev–Trinajstić information content (AvgIpc) is 2.87. The van der Waals surface area contributed by atoms with E-state index in [0.29, 0.717) is 17.3 Å². The van der Waals surface area contributed by atoms with Gasteiger partial charge in [-0.2, -0.15) is 5.10 Å². The number of unbranched alkanes of at least 4 members (excludes halogenated alkanes) is 1. The number of halogens is 2. The standard InChI is InChI=1S/C15H17F2N3OS/c1-3-4-5-21-14-12(16)6-11(7-13(14)17)8-18-20-15-19-10(2)9-22-15/h6-9H,3-5H2,1-2H3,(H,19,20). The number of anilines is 1. The van der Waals surface area contributed by atoms with Crippen molar-refractivity contribution in [2.75, 3.05) is 12.0 Å². The van der Waals surface area contributed by atoms with Gasteiger partial charge in [0.25, 0.3) is 0 Å². The summed E-state index contributed by atoms with van der Waals surface area (Å²) >= 11 is 1.40. The first-order valence-electron chi connectivity index (χ1n) is 6.93. The van der Waals surface area contributed by atoms with Gasteiger partial charge in [-0.3, -0.25) is 5.43 Å². The van der Waals surface area contributed by atoms with Gasteiger partial charge in [0.15, 0.2) is 17.4 Å². The summed E-state index contributed by atoms with van der Waals surface area (Å²) in [7, 11) is 0. The monoisotopic (exact) mass is 325 g/mol. The number of thiazole rings is 1. The second kappa shape index (κ2) is 7.84. The Labute approximate surface area is 131 Å². The Hall–Kier alpha value is -2.02. The highest BCUT2D eigenvalue weighted by Gasteiger charge is 2.11. The number of hydrogen-bond acceptors (Lipinski definition) is 5. The molecule has 1 aromatic heterocycles. The van der Waals surface area contributed by atoms with Gasteiger partial charge in [-0.15, -0.1) is 11.3 Å². The van der Waals surface area contributed by atoms with Crippen LogP contribution in [-0.2, 0) is 0 Å². The summed E-state index contributed by atoms with van der Waals surface area (Å²) in [5, 5.41) is 6.41. The van der Waals surface area contributed by atoms with Gasteiger partial charge < -0.3 is 4.74 Å². The van der Waals surface area contributed by atoms with E-state index < -0.39 is 11.6 Å². The zero-order valence-electron chi connectivity index (χ0n) is 12.4. The van der Waals surface area contributed by atoms with E-state index in [1.54, 1.807) is 0 Å². The SMILES string of the molecule is CCCCOc1c(F)cc(C=NNc2nc(C)cs2)cc1F. The molecule has 0 radical (unpaired) electrons. The van der Waals surface area contributed by atoms with Crippen LogP contribution in [0, 0.1) is 18.6 Å². The number of rotatable bonds is 7. The molecule has 0 amide bonds. The molecule has 0 aliphatic carbocycles. The number of nitrogens with one attached hydrogen (secondary N) is 1. The molecule has 1 N–H and O–H groups in total. The van der Waals surface area contributed by atoms with Gasteiger partial charge in [-0.05, 0) is 25.5 Å². The van der Waals surface area contributed by atoms with Crippen LogP contribution in [0.15, 0.2) is 22.6 Å². The number of benzene rings is 1. The van der Waals surface area contributed by atoms with Crippen molar-refractivity contribution >= 4 is 22.7 Å². The predicted octanol–water partition coefficient (Wildman–Crippen LogP) is 4.35. The molecule has 0 aliphatic rings. The van der Waals surface area contributed by atoms with Gasteiger partial charge >= 0.3 is 0 Å². The minimum atomic E-state index is -0.734. The average molecular weight is 325 g/mol. The molecule has 22 heavy (non-hydrogen) atoms. The normalized spacial score (nSPS) is 11.1. The maximum atomic E-state index is 13.8. The molecule has 2 rings (SSSR count). The fraction of sp³-hybridized carbons (Fsp3) is 0.333. The quantitative estimate of drug-likeness (QED) is 0.467. The van der Waals surface area contributed by atoms with Crippen molar-refractivity contribution in [1.29, 1.82) is 0 Å². The number of hydrogen-bond donors (Lipinski definition) is 1. The van der Waals surface area contributed by atoms with Gasteiger partial charge in [0.2, 0.25) is 5.13 Å². The van der Waals surface area contributed by atoms with Crippen LogP contribution < -0.4 is 10.2 Å². The smallest absolute Gasteiger partial charge is 0.203 e. The van der Waals surface area contributed by atoms with Crippen LogP contribution in [0.5, 0.6) is 5.75 Å². The van der Waals surface area contributed by atoms with Crippen LogP contribution in [0.3, 0.4) is 0 Å². The Balaban J connectivity index is 2.02. The lowest BCUT2D eigenvalue weighted by Gasteiger charge is -2.08. The summed E-state index contributed by atoms with van der Waals surface area (Å²) in [6.45, 7) is 4.14. The molecule has 1 heterocycles. The maximum absolute atomic E-state index is 13.8. The Morgan fingerprint density at radius 3 is 2.68 bits per heavy atom. The van der Waals surface area contributed by atoms with E-state index in [0.717, 1.165) is 18.5 Å². The van der Waals surface area contributed by atoms with E-state index in [1.807, 2.05) is 19.2 Å². The number of aryl methyl sites for hydroxylation is 1. The highest BCUT2D eigenvalue weighted by atomic mass is 32.1. The number of hydrazone groups is 1. The summed E-state index contributed by atoms with van der Waals surface area (Å²) in [5.74, 6) is -1.81. The number of ether oxygens (including phenoxy) is 1. The Bertz CT molecular complexity index is 635. The second-order valence-corrected chi connectivity index (χ2v) is 5.54. The zero-order chi connectivity index (χ0) is 15.9. The summed E-state index contributed by atoms with van der Waals surface area (Å²) in [6.07, 6.45) is 2.98. The second-order valence-electron chi connectivity index (χ2n) is 4.68. The molecule has 0 saturated heterocycles. The van der Waals surface area contributed by atoms with Crippen molar-refractivity contribution in [3.8, 4) is 5.75 Å². The first-order chi connectivity index (χ1) is 10.6. The van der Waals surface area contributed by atoms with E-state index in [9.17, 15) is 8.78 Å². The molecule has 0 spiro atoms. The van der Waals surface area contributed by atoms with E-state index in [4.69, 9.17) is 4.74 Å². The fourth-order valence-electron chi connectivity index (χ4n) is 1.68. The number of aromatic nitrogens is 1. The van der Waals surface area contributed by atoms with E-state index in [1.165, 1.54) is 29.7 Å². The van der Waals surface area contributed by atoms with Crippen molar-refractivity contribution < 1.29 is 13.5 Å². The van der Waals surface area contributed by atoms with Gasteiger partial charge in [0.1, 0.15) is 0 Å². The predicted molar refractivity (Wildman–Crippen MR) is 84.8 cm³/mol. The van der Waals surface area contributed by atoms with E-state index >= 15 is 0 Å². The molecular formula is C15H17F2N3OS. The third kappa shape index (κ3) is 4.49. The van der Waals surface area contributed by atoms with Crippen LogP contribution in [-0.4, -0.2) is 17.8 Å². The van der Waals surface area contributed by atoms with Crippen molar-refractivity contribution in [2.24, 2.45) is 5.10 Å². The lowest BCUT2D eigenvalue weighted by atomic mass is 10.2. The highest BCUT2D eigenvalue weighted by Crippen LogP contribution is 2.23. The Kier molecular flexibility index (Phi) is 5.83. The summed E-state index contributed by atoms with van der Waals surface area (Å²) < 4.78 is 32.8. The third-order valence-corrected chi connectivity index (χ3v) is 3.62. The van der Waals surface area contributed by atoms with Gasteiger partial charge in [-0.25, -0.2) is 13.8 Å². The molecule has 0 saturated carbocycles. The molecule has 2 aromatic rings. The fourth-order valence-corrected chi connectivity index (χ4v) is 2.31. The van der Waals surface area contributed by atoms with Gasteiger partial charge in [0.05, 0.1) is 18.5 Å². The topological polar surface area (TPSA) is 46.5 Å². The zero-order valence-corrected chi connectivity index (χ0v) is 13.2. The van der Waals surface area contributed by atoms with Crippen molar-refractivity contribution in [3.63, 3.8) is 0 Å². The molecule has 0 unspecified atom stereocenters. The Morgan fingerprint density at radius 1 is 1.36 bits per heavy atom. The summed E-state index contributed by atoms with van der Waals surface area (Å²) in [6, 6.07) is 2.37. The summed E-state index contributed by atoms with van der Waals surface area (Å²) in [5.41, 5.74) is 3.90. The van der Waals surface area contributed by atoms with Crippen LogP contribution >= 0.6 is 11.3 Å². The maximum Gasteiger partial charge on any atom is 0.203 e. The van der Waals surface area contributed by atoms with Gasteiger partial charge in [-0.1, -0.05) is 13.3 Å².